The summed E-state index contributed by atoms with van der Waals surface area (Å²) in [6, 6.07) is 8.74. The van der Waals surface area contributed by atoms with Crippen molar-refractivity contribution in [3.05, 3.63) is 69.0 Å². The summed E-state index contributed by atoms with van der Waals surface area (Å²) in [4.78, 5) is 20.2. The Morgan fingerprint density at radius 3 is 1.78 bits per heavy atom. The molecule has 1 aromatic carbocycles. The fourth-order valence-corrected chi connectivity index (χ4v) is 1.51. The van der Waals surface area contributed by atoms with Gasteiger partial charge in [0.15, 0.2) is 12.4 Å². The third-order valence-corrected chi connectivity index (χ3v) is 2.32. The van der Waals surface area contributed by atoms with E-state index in [-0.39, 0.29) is 11.4 Å². The molecular formula is C11H8N3O4+. The average molecular weight is 246 g/mol. The number of nitro groups is 2. The summed E-state index contributed by atoms with van der Waals surface area (Å²) in [5, 5.41) is 21.5. The summed E-state index contributed by atoms with van der Waals surface area (Å²) in [7, 11) is 0. The number of aromatic nitrogens is 1. The van der Waals surface area contributed by atoms with Gasteiger partial charge in [-0.1, -0.05) is 6.07 Å². The zero-order valence-corrected chi connectivity index (χ0v) is 9.09. The molecule has 7 nitrogen and oxygen atoms in total. The largest absolute Gasteiger partial charge is 0.282 e. The van der Waals surface area contributed by atoms with Crippen molar-refractivity contribution in [2.24, 2.45) is 0 Å². The minimum atomic E-state index is -0.653. The minimum Gasteiger partial charge on any atom is -0.258 e. The van der Waals surface area contributed by atoms with Crippen molar-refractivity contribution in [1.29, 1.82) is 0 Å². The Bertz CT molecular complexity index is 581. The molecule has 0 radical (unpaired) electrons. The van der Waals surface area contributed by atoms with E-state index in [0.29, 0.717) is 5.69 Å². The van der Waals surface area contributed by atoms with Gasteiger partial charge in [0, 0.05) is 12.1 Å². The van der Waals surface area contributed by atoms with Crippen LogP contribution in [0.5, 0.6) is 0 Å². The molecule has 0 amide bonds. The quantitative estimate of drug-likeness (QED) is 0.469. The predicted octanol–water partition coefficient (Wildman–Crippen LogP) is 1.78. The number of rotatable bonds is 3. The number of nitrogens with zero attached hydrogens (tertiary/aromatic N) is 3. The van der Waals surface area contributed by atoms with E-state index in [9.17, 15) is 20.2 Å². The van der Waals surface area contributed by atoms with Gasteiger partial charge in [-0.25, -0.2) is 0 Å². The molecule has 2 aromatic rings. The molecule has 0 aliphatic heterocycles. The number of non-ortho nitro benzene ring substituents is 2. The highest BCUT2D eigenvalue weighted by atomic mass is 16.6. The summed E-state index contributed by atoms with van der Waals surface area (Å²) in [5.74, 6) is 0. The summed E-state index contributed by atoms with van der Waals surface area (Å²) in [6.45, 7) is 0. The minimum absolute atomic E-state index is 0.310. The Labute approximate surface area is 101 Å². The topological polar surface area (TPSA) is 90.2 Å². The van der Waals surface area contributed by atoms with Crippen LogP contribution in [-0.2, 0) is 0 Å². The second-order valence-corrected chi connectivity index (χ2v) is 3.50. The van der Waals surface area contributed by atoms with E-state index in [4.69, 9.17) is 0 Å². The van der Waals surface area contributed by atoms with Gasteiger partial charge in [-0.3, -0.25) is 20.2 Å². The highest BCUT2D eigenvalue weighted by Crippen LogP contribution is 2.22. The Balaban J connectivity index is 2.61. The maximum atomic E-state index is 10.7. The van der Waals surface area contributed by atoms with Crippen molar-refractivity contribution in [2.45, 2.75) is 0 Å². The second kappa shape index (κ2) is 4.58. The molecule has 0 N–H and O–H groups in total. The van der Waals surface area contributed by atoms with Crippen LogP contribution in [0.15, 0.2) is 48.8 Å². The third kappa shape index (κ3) is 2.29. The molecule has 0 saturated heterocycles. The van der Waals surface area contributed by atoms with Gasteiger partial charge < -0.3 is 0 Å². The molecular weight excluding hydrogens is 238 g/mol. The first kappa shape index (κ1) is 11.6. The van der Waals surface area contributed by atoms with Crippen LogP contribution in [0.1, 0.15) is 0 Å². The van der Waals surface area contributed by atoms with Crippen LogP contribution in [0, 0.1) is 20.2 Å². The molecule has 0 bridgehead atoms. The molecule has 2 rings (SSSR count). The van der Waals surface area contributed by atoms with Crippen molar-refractivity contribution >= 4 is 11.4 Å². The van der Waals surface area contributed by atoms with E-state index in [1.54, 1.807) is 35.2 Å². The summed E-state index contributed by atoms with van der Waals surface area (Å²) in [5.41, 5.74) is -0.248. The van der Waals surface area contributed by atoms with Gasteiger partial charge in [0.05, 0.1) is 28.0 Å². The molecule has 1 aromatic heterocycles. The van der Waals surface area contributed by atoms with Gasteiger partial charge in [-0.15, -0.1) is 0 Å². The molecule has 0 unspecified atom stereocenters. The zero-order chi connectivity index (χ0) is 13.1. The molecule has 1 heterocycles. The van der Waals surface area contributed by atoms with Crippen LogP contribution in [0.4, 0.5) is 11.4 Å². The molecule has 0 saturated carbocycles. The lowest BCUT2D eigenvalue weighted by molar-refractivity contribution is -0.596. The van der Waals surface area contributed by atoms with Crippen molar-refractivity contribution in [3.8, 4) is 5.69 Å². The Kier molecular flexibility index (Phi) is 2.96. The van der Waals surface area contributed by atoms with E-state index >= 15 is 0 Å². The van der Waals surface area contributed by atoms with Crippen LogP contribution in [0.3, 0.4) is 0 Å². The number of hydrogen-bond donors (Lipinski definition) is 0. The van der Waals surface area contributed by atoms with Gasteiger partial charge in [0.25, 0.3) is 11.4 Å². The number of nitro benzene ring substituents is 2. The van der Waals surface area contributed by atoms with Crippen LogP contribution in [0.25, 0.3) is 5.69 Å². The highest BCUT2D eigenvalue weighted by Gasteiger charge is 2.20. The fourth-order valence-electron chi connectivity index (χ4n) is 1.51. The maximum Gasteiger partial charge on any atom is 0.282 e. The van der Waals surface area contributed by atoms with Gasteiger partial charge in [-0.2, -0.15) is 4.57 Å². The molecule has 0 aliphatic rings. The van der Waals surface area contributed by atoms with E-state index in [2.05, 4.69) is 0 Å². The van der Waals surface area contributed by atoms with E-state index in [1.807, 2.05) is 0 Å². The van der Waals surface area contributed by atoms with Gasteiger partial charge in [0.2, 0.25) is 5.69 Å². The van der Waals surface area contributed by atoms with Crippen LogP contribution < -0.4 is 4.57 Å². The monoisotopic (exact) mass is 246 g/mol. The van der Waals surface area contributed by atoms with Gasteiger partial charge in [-0.05, 0) is 0 Å². The van der Waals surface area contributed by atoms with Crippen LogP contribution >= 0.6 is 0 Å². The SMILES string of the molecule is O=[N+]([O-])c1cc([N+](=O)[O-])cc(-[n+]2ccccc2)c1. The lowest BCUT2D eigenvalue weighted by Crippen LogP contribution is -2.29. The molecule has 90 valence electrons. The highest BCUT2D eigenvalue weighted by molar-refractivity contribution is 5.49. The lowest BCUT2D eigenvalue weighted by atomic mass is 10.2. The number of pyridine rings is 1. The van der Waals surface area contributed by atoms with Crippen molar-refractivity contribution in [3.63, 3.8) is 0 Å². The maximum absolute atomic E-state index is 10.7. The van der Waals surface area contributed by atoms with Crippen molar-refractivity contribution in [2.75, 3.05) is 0 Å². The molecule has 7 heteroatoms. The van der Waals surface area contributed by atoms with E-state index < -0.39 is 9.85 Å². The smallest absolute Gasteiger partial charge is 0.258 e. The van der Waals surface area contributed by atoms with Crippen molar-refractivity contribution in [1.82, 2.24) is 0 Å². The van der Waals surface area contributed by atoms with E-state index in [0.717, 1.165) is 6.07 Å². The third-order valence-electron chi connectivity index (χ3n) is 2.32. The first-order valence-corrected chi connectivity index (χ1v) is 4.98. The van der Waals surface area contributed by atoms with Crippen molar-refractivity contribution < 1.29 is 14.4 Å². The second-order valence-electron chi connectivity index (χ2n) is 3.50. The number of hydrogen-bond acceptors (Lipinski definition) is 4. The molecule has 0 aliphatic carbocycles. The number of benzene rings is 1. The van der Waals surface area contributed by atoms with Gasteiger partial charge in [0.1, 0.15) is 0 Å². The fraction of sp³-hybridized carbons (Fsp3) is 0. The predicted molar refractivity (Wildman–Crippen MR) is 61.3 cm³/mol. The normalized spacial score (nSPS) is 10.0. The first-order valence-electron chi connectivity index (χ1n) is 4.98. The summed E-state index contributed by atoms with van der Waals surface area (Å²) >= 11 is 0. The zero-order valence-electron chi connectivity index (χ0n) is 9.09. The summed E-state index contributed by atoms with van der Waals surface area (Å²) < 4.78 is 1.57. The average Bonchev–Trinajstić information content (AvgIpc) is 2.39. The molecule has 18 heavy (non-hydrogen) atoms. The lowest BCUT2D eigenvalue weighted by Gasteiger charge is -1.96. The van der Waals surface area contributed by atoms with Gasteiger partial charge >= 0.3 is 0 Å². The first-order chi connectivity index (χ1) is 8.58. The van der Waals surface area contributed by atoms with Crippen LogP contribution in [0.2, 0.25) is 0 Å². The van der Waals surface area contributed by atoms with Crippen LogP contribution in [-0.4, -0.2) is 9.85 Å². The Hall–Kier alpha value is -2.83. The molecule has 0 atom stereocenters. The van der Waals surface area contributed by atoms with E-state index in [1.165, 1.54) is 12.1 Å². The molecule has 0 fully saturated rings. The standard InChI is InChI=1S/C11H8N3O4/c15-13(16)10-6-9(7-11(8-10)14(17)18)12-4-2-1-3-5-12/h1-8H/q+1. The summed E-state index contributed by atoms with van der Waals surface area (Å²) in [6.07, 6.45) is 3.31. The molecule has 0 spiro atoms. The Morgan fingerprint density at radius 2 is 1.33 bits per heavy atom. The Morgan fingerprint density at radius 1 is 0.833 bits per heavy atom.